The fourth-order valence-corrected chi connectivity index (χ4v) is 3.53. The van der Waals surface area contributed by atoms with Crippen molar-refractivity contribution in [2.45, 2.75) is 52.5 Å². The van der Waals surface area contributed by atoms with Gasteiger partial charge >= 0.3 is 0 Å². The standard InChI is InChI=1S/C16H23N3O2S/c1-5-6-7-8-10(2)18-14(20)13-11(3)12-15(22-13)17-9-19(4)16(12)21/h9-10H,5-8H2,1-4H3,(H,18,20)/t10-/m1/s1. The van der Waals surface area contributed by atoms with E-state index >= 15 is 0 Å². The zero-order valence-corrected chi connectivity index (χ0v) is 14.4. The first-order chi connectivity index (χ1) is 10.5. The molecular weight excluding hydrogens is 298 g/mol. The van der Waals surface area contributed by atoms with Crippen LogP contribution >= 0.6 is 11.3 Å². The van der Waals surface area contributed by atoms with Crippen molar-refractivity contribution in [3.63, 3.8) is 0 Å². The van der Waals surface area contributed by atoms with E-state index in [1.54, 1.807) is 7.05 Å². The third-order valence-corrected chi connectivity index (χ3v) is 5.03. The highest BCUT2D eigenvalue weighted by Gasteiger charge is 2.19. The Hall–Kier alpha value is -1.69. The number of carbonyl (C=O) groups excluding carboxylic acids is 1. The van der Waals surface area contributed by atoms with Crippen LogP contribution in [0.3, 0.4) is 0 Å². The third kappa shape index (κ3) is 3.38. The fourth-order valence-electron chi connectivity index (χ4n) is 2.49. The first-order valence-corrected chi connectivity index (χ1v) is 8.53. The monoisotopic (exact) mass is 321 g/mol. The molecule has 0 aliphatic carbocycles. The number of aryl methyl sites for hydroxylation is 2. The van der Waals surface area contributed by atoms with Crippen LogP contribution in [0.1, 0.15) is 54.8 Å². The van der Waals surface area contributed by atoms with E-state index in [1.807, 2.05) is 13.8 Å². The lowest BCUT2D eigenvalue weighted by molar-refractivity contribution is 0.0941. The van der Waals surface area contributed by atoms with Gasteiger partial charge in [-0.25, -0.2) is 4.98 Å². The predicted octanol–water partition coefficient (Wildman–Crippen LogP) is 3.00. The van der Waals surface area contributed by atoms with Gasteiger partial charge in [-0.1, -0.05) is 26.2 Å². The number of unbranched alkanes of at least 4 members (excludes halogenated alkanes) is 2. The molecule has 2 aromatic rings. The molecule has 1 atom stereocenters. The Balaban J connectivity index is 2.20. The molecular formula is C16H23N3O2S. The maximum atomic E-state index is 12.4. The summed E-state index contributed by atoms with van der Waals surface area (Å²) in [5, 5.41) is 3.58. The van der Waals surface area contributed by atoms with Gasteiger partial charge in [0.2, 0.25) is 0 Å². The molecule has 2 heterocycles. The van der Waals surface area contributed by atoms with Gasteiger partial charge in [0.05, 0.1) is 16.6 Å². The Morgan fingerprint density at radius 1 is 1.45 bits per heavy atom. The number of nitrogens with one attached hydrogen (secondary N) is 1. The molecule has 0 fully saturated rings. The molecule has 22 heavy (non-hydrogen) atoms. The van der Waals surface area contributed by atoms with E-state index < -0.39 is 0 Å². The Bertz CT molecular complexity index is 733. The number of fused-ring (bicyclic) bond motifs is 1. The number of carbonyl (C=O) groups is 1. The summed E-state index contributed by atoms with van der Waals surface area (Å²) in [6, 6.07) is 0.138. The minimum atomic E-state index is -0.105. The van der Waals surface area contributed by atoms with Crippen molar-refractivity contribution in [1.29, 1.82) is 0 Å². The second kappa shape index (κ2) is 7.05. The first-order valence-electron chi connectivity index (χ1n) is 7.71. The maximum absolute atomic E-state index is 12.4. The van der Waals surface area contributed by atoms with E-state index in [1.165, 1.54) is 35.1 Å². The Kier molecular flexibility index (Phi) is 5.34. The smallest absolute Gasteiger partial charge is 0.262 e. The van der Waals surface area contributed by atoms with Crippen molar-refractivity contribution in [3.8, 4) is 0 Å². The Morgan fingerprint density at radius 3 is 2.86 bits per heavy atom. The van der Waals surface area contributed by atoms with Gasteiger partial charge in [0.15, 0.2) is 0 Å². The molecule has 0 radical (unpaired) electrons. The van der Waals surface area contributed by atoms with E-state index in [9.17, 15) is 9.59 Å². The average molecular weight is 321 g/mol. The van der Waals surface area contributed by atoms with Crippen LogP contribution in [0, 0.1) is 6.92 Å². The van der Waals surface area contributed by atoms with E-state index in [-0.39, 0.29) is 17.5 Å². The van der Waals surface area contributed by atoms with Gasteiger partial charge in [0.25, 0.3) is 11.5 Å². The van der Waals surface area contributed by atoms with Crippen LogP contribution in [0.2, 0.25) is 0 Å². The number of thiophene rings is 1. The Morgan fingerprint density at radius 2 is 2.18 bits per heavy atom. The lowest BCUT2D eigenvalue weighted by Crippen LogP contribution is -2.32. The summed E-state index contributed by atoms with van der Waals surface area (Å²) >= 11 is 1.29. The molecule has 0 bridgehead atoms. The van der Waals surface area contributed by atoms with Crippen molar-refractivity contribution >= 4 is 27.5 Å². The molecule has 2 rings (SSSR count). The molecule has 0 unspecified atom stereocenters. The quantitative estimate of drug-likeness (QED) is 0.832. The molecule has 1 amide bonds. The minimum Gasteiger partial charge on any atom is -0.349 e. The SMILES string of the molecule is CCCCC[C@@H](C)NC(=O)c1sc2ncn(C)c(=O)c2c1C. The minimum absolute atomic E-state index is 0.103. The van der Waals surface area contributed by atoms with E-state index in [0.29, 0.717) is 15.1 Å². The van der Waals surface area contributed by atoms with Gasteiger partial charge in [0.1, 0.15) is 4.83 Å². The summed E-state index contributed by atoms with van der Waals surface area (Å²) in [5.41, 5.74) is 0.626. The third-order valence-electron chi connectivity index (χ3n) is 3.84. The summed E-state index contributed by atoms with van der Waals surface area (Å²) in [7, 11) is 1.67. The van der Waals surface area contributed by atoms with E-state index in [2.05, 4.69) is 17.2 Å². The van der Waals surface area contributed by atoms with Gasteiger partial charge in [0, 0.05) is 13.1 Å². The maximum Gasteiger partial charge on any atom is 0.262 e. The van der Waals surface area contributed by atoms with E-state index in [4.69, 9.17) is 0 Å². The molecule has 2 aromatic heterocycles. The van der Waals surface area contributed by atoms with Crippen LogP contribution in [0.15, 0.2) is 11.1 Å². The number of amides is 1. The molecule has 0 aromatic carbocycles. The molecule has 5 nitrogen and oxygen atoms in total. The summed E-state index contributed by atoms with van der Waals surface area (Å²) in [6.07, 6.45) is 5.94. The van der Waals surface area contributed by atoms with Crippen molar-refractivity contribution < 1.29 is 4.79 Å². The van der Waals surface area contributed by atoms with Gasteiger partial charge in [-0.2, -0.15) is 0 Å². The van der Waals surface area contributed by atoms with Crippen LogP contribution in [0.4, 0.5) is 0 Å². The summed E-state index contributed by atoms with van der Waals surface area (Å²) in [4.78, 5) is 30.1. The predicted molar refractivity (Wildman–Crippen MR) is 90.7 cm³/mol. The van der Waals surface area contributed by atoms with Gasteiger partial charge < -0.3 is 9.88 Å². The molecule has 0 aliphatic heterocycles. The van der Waals surface area contributed by atoms with Crippen molar-refractivity contribution in [2.75, 3.05) is 0 Å². The number of hydrogen-bond acceptors (Lipinski definition) is 4. The number of aromatic nitrogens is 2. The molecule has 1 N–H and O–H groups in total. The highest BCUT2D eigenvalue weighted by Crippen LogP contribution is 2.26. The fraction of sp³-hybridized carbons (Fsp3) is 0.562. The van der Waals surface area contributed by atoms with Crippen molar-refractivity contribution in [3.05, 3.63) is 27.1 Å². The number of nitrogens with zero attached hydrogens (tertiary/aromatic N) is 2. The van der Waals surface area contributed by atoms with Crippen molar-refractivity contribution in [1.82, 2.24) is 14.9 Å². The molecule has 0 aliphatic rings. The zero-order chi connectivity index (χ0) is 16.3. The molecule has 0 spiro atoms. The van der Waals surface area contributed by atoms with Crippen LogP contribution in [0.25, 0.3) is 10.2 Å². The van der Waals surface area contributed by atoms with Gasteiger partial charge in [-0.15, -0.1) is 11.3 Å². The van der Waals surface area contributed by atoms with E-state index in [0.717, 1.165) is 18.4 Å². The second-order valence-corrected chi connectivity index (χ2v) is 6.77. The Labute approximate surface area is 134 Å². The van der Waals surface area contributed by atoms with Crippen LogP contribution in [-0.2, 0) is 7.05 Å². The number of hydrogen-bond donors (Lipinski definition) is 1. The summed E-state index contributed by atoms with van der Waals surface area (Å²) in [5.74, 6) is -0.105. The van der Waals surface area contributed by atoms with Crippen LogP contribution in [-0.4, -0.2) is 21.5 Å². The molecule has 0 saturated carbocycles. The summed E-state index contributed by atoms with van der Waals surface area (Å²) in [6.45, 7) is 6.00. The van der Waals surface area contributed by atoms with Crippen molar-refractivity contribution in [2.24, 2.45) is 7.05 Å². The molecule has 6 heteroatoms. The normalized spacial score (nSPS) is 12.5. The highest BCUT2D eigenvalue weighted by molar-refractivity contribution is 7.20. The van der Waals surface area contributed by atoms with Gasteiger partial charge in [-0.05, 0) is 25.8 Å². The lowest BCUT2D eigenvalue weighted by atomic mass is 10.1. The average Bonchev–Trinajstić information content (AvgIpc) is 2.81. The highest BCUT2D eigenvalue weighted by atomic mass is 32.1. The second-order valence-electron chi connectivity index (χ2n) is 5.77. The molecule has 0 saturated heterocycles. The first kappa shape index (κ1) is 16.7. The molecule has 120 valence electrons. The lowest BCUT2D eigenvalue weighted by Gasteiger charge is -2.13. The van der Waals surface area contributed by atoms with Crippen LogP contribution < -0.4 is 10.9 Å². The topological polar surface area (TPSA) is 64.0 Å². The van der Waals surface area contributed by atoms with Crippen LogP contribution in [0.5, 0.6) is 0 Å². The zero-order valence-electron chi connectivity index (χ0n) is 13.6. The summed E-state index contributed by atoms with van der Waals surface area (Å²) < 4.78 is 1.44. The number of rotatable bonds is 6. The van der Waals surface area contributed by atoms with Gasteiger partial charge in [-0.3, -0.25) is 9.59 Å². The largest absolute Gasteiger partial charge is 0.349 e.